The monoisotopic (exact) mass is 285 g/mol. The molecule has 112 valence electrons. The number of hydrazine groups is 1. The van der Waals surface area contributed by atoms with Crippen LogP contribution in [0.1, 0.15) is 25.5 Å². The maximum Gasteiger partial charge on any atom is 0.159 e. The van der Waals surface area contributed by atoms with Crippen LogP contribution in [0.4, 0.5) is 8.78 Å². The Hall–Kier alpha value is -1.08. The van der Waals surface area contributed by atoms with Crippen molar-refractivity contribution < 1.29 is 13.9 Å². The van der Waals surface area contributed by atoms with Crippen molar-refractivity contribution in [3.8, 4) is 0 Å². The van der Waals surface area contributed by atoms with Crippen LogP contribution in [0.25, 0.3) is 0 Å². The molecule has 2 rings (SSSR count). The summed E-state index contributed by atoms with van der Waals surface area (Å²) in [6.07, 6.45) is -0.849. The first kappa shape index (κ1) is 15.3. The summed E-state index contributed by atoms with van der Waals surface area (Å²) in [4.78, 5) is 0. The van der Waals surface area contributed by atoms with Crippen molar-refractivity contribution in [2.45, 2.75) is 32.0 Å². The van der Waals surface area contributed by atoms with Crippen molar-refractivity contribution in [1.29, 1.82) is 0 Å². The minimum atomic E-state index is -0.937. The SMILES string of the molecule is CC1NNC(C)C1CNCC(O)c1ccc(F)c(F)c1. The molecular formula is C14H21F2N3O. The Morgan fingerprint density at radius 3 is 2.45 bits per heavy atom. The van der Waals surface area contributed by atoms with Crippen LogP contribution in [0.5, 0.6) is 0 Å². The number of hydrogen-bond acceptors (Lipinski definition) is 4. The Balaban J connectivity index is 1.83. The van der Waals surface area contributed by atoms with Gasteiger partial charge in [0.25, 0.3) is 0 Å². The highest BCUT2D eigenvalue weighted by atomic mass is 19.2. The van der Waals surface area contributed by atoms with E-state index in [4.69, 9.17) is 0 Å². The van der Waals surface area contributed by atoms with E-state index in [-0.39, 0.29) is 0 Å². The molecule has 1 heterocycles. The van der Waals surface area contributed by atoms with E-state index in [9.17, 15) is 13.9 Å². The molecule has 0 spiro atoms. The first-order chi connectivity index (χ1) is 9.49. The van der Waals surface area contributed by atoms with Gasteiger partial charge in [-0.1, -0.05) is 6.07 Å². The largest absolute Gasteiger partial charge is 0.387 e. The molecule has 20 heavy (non-hydrogen) atoms. The second kappa shape index (κ2) is 6.58. The van der Waals surface area contributed by atoms with Gasteiger partial charge < -0.3 is 10.4 Å². The van der Waals surface area contributed by atoms with E-state index in [1.54, 1.807) is 0 Å². The molecule has 0 amide bonds. The number of aliphatic hydroxyl groups excluding tert-OH is 1. The fourth-order valence-corrected chi connectivity index (χ4v) is 2.49. The third-order valence-corrected chi connectivity index (χ3v) is 3.87. The first-order valence-corrected chi connectivity index (χ1v) is 6.84. The van der Waals surface area contributed by atoms with Crippen LogP contribution in [0.2, 0.25) is 0 Å². The van der Waals surface area contributed by atoms with Crippen molar-refractivity contribution >= 4 is 0 Å². The van der Waals surface area contributed by atoms with Crippen molar-refractivity contribution in [2.24, 2.45) is 5.92 Å². The molecular weight excluding hydrogens is 264 g/mol. The van der Waals surface area contributed by atoms with Crippen LogP contribution in [-0.4, -0.2) is 30.3 Å². The van der Waals surface area contributed by atoms with E-state index in [1.165, 1.54) is 6.07 Å². The average Bonchev–Trinajstić information content (AvgIpc) is 2.73. The maximum absolute atomic E-state index is 13.1. The summed E-state index contributed by atoms with van der Waals surface area (Å²) >= 11 is 0. The highest BCUT2D eigenvalue weighted by molar-refractivity contribution is 5.20. The zero-order valence-corrected chi connectivity index (χ0v) is 11.7. The highest BCUT2D eigenvalue weighted by Crippen LogP contribution is 2.17. The fourth-order valence-electron chi connectivity index (χ4n) is 2.49. The maximum atomic E-state index is 13.1. The number of benzene rings is 1. The molecule has 1 aromatic rings. The predicted octanol–water partition coefficient (Wildman–Crippen LogP) is 1.09. The lowest BCUT2D eigenvalue weighted by Gasteiger charge is -2.20. The normalized spacial score (nSPS) is 27.8. The minimum Gasteiger partial charge on any atom is -0.387 e. The molecule has 0 radical (unpaired) electrons. The quantitative estimate of drug-likeness (QED) is 0.654. The van der Waals surface area contributed by atoms with Gasteiger partial charge in [-0.25, -0.2) is 8.78 Å². The molecule has 0 aliphatic carbocycles. The van der Waals surface area contributed by atoms with E-state index in [0.717, 1.165) is 18.7 Å². The number of nitrogens with one attached hydrogen (secondary N) is 3. The van der Waals surface area contributed by atoms with Crippen molar-refractivity contribution in [1.82, 2.24) is 16.2 Å². The number of aliphatic hydroxyl groups is 1. The van der Waals surface area contributed by atoms with Gasteiger partial charge in [0.05, 0.1) is 6.10 Å². The van der Waals surface area contributed by atoms with Gasteiger partial charge in [0.15, 0.2) is 11.6 Å². The lowest BCUT2D eigenvalue weighted by atomic mass is 9.96. The van der Waals surface area contributed by atoms with E-state index >= 15 is 0 Å². The molecule has 4 N–H and O–H groups in total. The van der Waals surface area contributed by atoms with Crippen LogP contribution >= 0.6 is 0 Å². The molecule has 3 atom stereocenters. The van der Waals surface area contributed by atoms with Crippen LogP contribution < -0.4 is 16.2 Å². The molecule has 4 nitrogen and oxygen atoms in total. The smallest absolute Gasteiger partial charge is 0.159 e. The van der Waals surface area contributed by atoms with Gasteiger partial charge in [0, 0.05) is 31.1 Å². The Kier molecular flexibility index (Phi) is 5.04. The van der Waals surface area contributed by atoms with Crippen molar-refractivity contribution in [3.05, 3.63) is 35.4 Å². The van der Waals surface area contributed by atoms with E-state index in [0.29, 0.717) is 30.1 Å². The summed E-state index contributed by atoms with van der Waals surface area (Å²) in [7, 11) is 0. The van der Waals surface area contributed by atoms with E-state index in [1.807, 2.05) is 0 Å². The third kappa shape index (κ3) is 3.52. The molecule has 0 bridgehead atoms. The first-order valence-electron chi connectivity index (χ1n) is 6.84. The molecule has 1 aliphatic rings. The average molecular weight is 285 g/mol. The van der Waals surface area contributed by atoms with E-state index < -0.39 is 17.7 Å². The lowest BCUT2D eigenvalue weighted by molar-refractivity contribution is 0.171. The van der Waals surface area contributed by atoms with Gasteiger partial charge in [-0.05, 0) is 31.5 Å². The van der Waals surface area contributed by atoms with Gasteiger partial charge in [0.1, 0.15) is 0 Å². The van der Waals surface area contributed by atoms with Crippen molar-refractivity contribution in [2.75, 3.05) is 13.1 Å². The second-order valence-electron chi connectivity index (χ2n) is 5.38. The Morgan fingerprint density at radius 2 is 1.85 bits per heavy atom. The predicted molar refractivity (Wildman–Crippen MR) is 72.9 cm³/mol. The summed E-state index contributed by atoms with van der Waals surface area (Å²) in [6, 6.07) is 4.15. The summed E-state index contributed by atoms with van der Waals surface area (Å²) < 4.78 is 25.9. The standard InChI is InChI=1S/C14H21F2N3O/c1-8-11(9(2)19-18-8)6-17-7-14(20)10-3-4-12(15)13(16)5-10/h3-5,8-9,11,14,17-20H,6-7H2,1-2H3. The highest BCUT2D eigenvalue weighted by Gasteiger charge is 2.29. The molecule has 6 heteroatoms. The zero-order valence-electron chi connectivity index (χ0n) is 11.7. The van der Waals surface area contributed by atoms with Crippen LogP contribution in [0, 0.1) is 17.6 Å². The molecule has 3 unspecified atom stereocenters. The number of rotatable bonds is 5. The molecule has 0 aromatic heterocycles. The molecule has 1 saturated heterocycles. The summed E-state index contributed by atoms with van der Waals surface area (Å²) in [5.74, 6) is -1.43. The van der Waals surface area contributed by atoms with Gasteiger partial charge in [0.2, 0.25) is 0 Å². The minimum absolute atomic E-state index is 0.307. The Morgan fingerprint density at radius 1 is 1.20 bits per heavy atom. The lowest BCUT2D eigenvalue weighted by Crippen LogP contribution is -2.35. The Bertz CT molecular complexity index is 448. The van der Waals surface area contributed by atoms with Gasteiger partial charge in [-0.15, -0.1) is 0 Å². The van der Waals surface area contributed by atoms with Crippen LogP contribution in [0.3, 0.4) is 0 Å². The number of halogens is 2. The van der Waals surface area contributed by atoms with Crippen LogP contribution in [-0.2, 0) is 0 Å². The zero-order chi connectivity index (χ0) is 14.7. The summed E-state index contributed by atoms with van der Waals surface area (Å²) in [5.41, 5.74) is 6.69. The van der Waals surface area contributed by atoms with Crippen molar-refractivity contribution in [3.63, 3.8) is 0 Å². The molecule has 1 aromatic carbocycles. The summed E-state index contributed by atoms with van der Waals surface area (Å²) in [6.45, 7) is 5.23. The second-order valence-corrected chi connectivity index (χ2v) is 5.38. The third-order valence-electron chi connectivity index (χ3n) is 3.87. The van der Waals surface area contributed by atoms with Gasteiger partial charge in [-0.3, -0.25) is 10.9 Å². The van der Waals surface area contributed by atoms with Gasteiger partial charge >= 0.3 is 0 Å². The molecule has 1 aliphatic heterocycles. The van der Waals surface area contributed by atoms with Gasteiger partial charge in [-0.2, -0.15) is 0 Å². The topological polar surface area (TPSA) is 56.3 Å². The molecule has 0 saturated carbocycles. The molecule has 1 fully saturated rings. The van der Waals surface area contributed by atoms with Crippen LogP contribution in [0.15, 0.2) is 18.2 Å². The number of hydrogen-bond donors (Lipinski definition) is 4. The van der Waals surface area contributed by atoms with E-state index in [2.05, 4.69) is 30.0 Å². The summed E-state index contributed by atoms with van der Waals surface area (Å²) in [5, 5.41) is 13.1. The fraction of sp³-hybridized carbons (Fsp3) is 0.571. The Labute approximate surface area is 117 Å².